The molecule has 0 aromatic carbocycles. The number of pyridine rings is 1. The van der Waals surface area contributed by atoms with Crippen molar-refractivity contribution >= 4 is 29.3 Å². The molecule has 3 N–H and O–H groups in total. The lowest BCUT2D eigenvalue weighted by Gasteiger charge is -2.14. The summed E-state index contributed by atoms with van der Waals surface area (Å²) in [6.45, 7) is 4.00. The van der Waals surface area contributed by atoms with Gasteiger partial charge in [0, 0.05) is 0 Å². The zero-order valence-corrected chi connectivity index (χ0v) is 9.02. The van der Waals surface area contributed by atoms with Gasteiger partial charge in [-0.3, -0.25) is 4.79 Å². The van der Waals surface area contributed by atoms with Crippen LogP contribution in [0.25, 0.3) is 0 Å². The van der Waals surface area contributed by atoms with E-state index in [2.05, 4.69) is 10.3 Å². The lowest BCUT2D eigenvalue weighted by Crippen LogP contribution is -2.19. The van der Waals surface area contributed by atoms with Gasteiger partial charge >= 0.3 is 0 Å². The van der Waals surface area contributed by atoms with E-state index in [-0.39, 0.29) is 5.91 Å². The molecule has 1 aromatic rings. The van der Waals surface area contributed by atoms with Gasteiger partial charge in [-0.25, -0.2) is 4.98 Å². The SMILES string of the molecule is CC.Nc1ccc2c(n1)NC(=O)CS2. The number of anilines is 2. The first-order chi connectivity index (χ1) is 6.75. The van der Waals surface area contributed by atoms with E-state index in [1.807, 2.05) is 19.9 Å². The summed E-state index contributed by atoms with van der Waals surface area (Å²) < 4.78 is 0. The lowest BCUT2D eigenvalue weighted by atomic mass is 10.4. The molecule has 0 bridgehead atoms. The van der Waals surface area contributed by atoms with Crippen molar-refractivity contribution in [3.05, 3.63) is 12.1 Å². The fourth-order valence-electron chi connectivity index (χ4n) is 0.979. The average molecular weight is 211 g/mol. The molecule has 76 valence electrons. The van der Waals surface area contributed by atoms with Crippen molar-refractivity contribution in [2.45, 2.75) is 18.7 Å². The van der Waals surface area contributed by atoms with Crippen molar-refractivity contribution in [3.8, 4) is 0 Å². The summed E-state index contributed by atoms with van der Waals surface area (Å²) in [6, 6.07) is 3.59. The van der Waals surface area contributed by atoms with Gasteiger partial charge in [0.1, 0.15) is 11.6 Å². The van der Waals surface area contributed by atoms with Crippen molar-refractivity contribution in [3.63, 3.8) is 0 Å². The number of amides is 1. The highest BCUT2D eigenvalue weighted by atomic mass is 32.2. The largest absolute Gasteiger partial charge is 0.384 e. The molecule has 0 atom stereocenters. The average Bonchev–Trinajstić information content (AvgIpc) is 2.20. The van der Waals surface area contributed by atoms with E-state index in [1.54, 1.807) is 6.07 Å². The Bertz CT molecular complexity index is 341. The van der Waals surface area contributed by atoms with Crippen LogP contribution in [-0.2, 0) is 4.79 Å². The van der Waals surface area contributed by atoms with Crippen LogP contribution in [0.2, 0.25) is 0 Å². The third-order valence-electron chi connectivity index (χ3n) is 1.50. The van der Waals surface area contributed by atoms with Gasteiger partial charge in [0.2, 0.25) is 5.91 Å². The highest BCUT2D eigenvalue weighted by Crippen LogP contribution is 2.29. The number of nitrogens with two attached hydrogens (primary N) is 1. The second-order valence-electron chi connectivity index (χ2n) is 2.42. The van der Waals surface area contributed by atoms with E-state index in [0.717, 1.165) is 4.90 Å². The number of carbonyl (C=O) groups excluding carboxylic acids is 1. The van der Waals surface area contributed by atoms with Gasteiger partial charge in [0.05, 0.1) is 10.6 Å². The van der Waals surface area contributed by atoms with E-state index in [1.165, 1.54) is 11.8 Å². The molecule has 14 heavy (non-hydrogen) atoms. The summed E-state index contributed by atoms with van der Waals surface area (Å²) in [7, 11) is 0. The highest BCUT2D eigenvalue weighted by molar-refractivity contribution is 8.00. The van der Waals surface area contributed by atoms with Gasteiger partial charge in [-0.15, -0.1) is 11.8 Å². The predicted octanol–water partition coefficient (Wildman–Crippen LogP) is 1.73. The van der Waals surface area contributed by atoms with Crippen molar-refractivity contribution in [1.29, 1.82) is 0 Å². The third kappa shape index (κ3) is 2.38. The quantitative estimate of drug-likeness (QED) is 0.685. The Morgan fingerprint density at radius 2 is 2.21 bits per heavy atom. The van der Waals surface area contributed by atoms with Crippen molar-refractivity contribution in [2.75, 3.05) is 16.8 Å². The minimum atomic E-state index is -0.0226. The fourth-order valence-corrected chi connectivity index (χ4v) is 1.74. The number of rotatable bonds is 0. The molecule has 4 nitrogen and oxygen atoms in total. The molecule has 2 rings (SSSR count). The Hall–Kier alpha value is -1.23. The maximum atomic E-state index is 10.9. The van der Waals surface area contributed by atoms with Crippen LogP contribution >= 0.6 is 11.8 Å². The molecule has 0 radical (unpaired) electrons. The second kappa shape index (κ2) is 4.85. The van der Waals surface area contributed by atoms with Gasteiger partial charge in [0.15, 0.2) is 0 Å². The summed E-state index contributed by atoms with van der Waals surface area (Å²) in [5.41, 5.74) is 5.46. The molecule has 1 aromatic heterocycles. The molecule has 0 saturated carbocycles. The van der Waals surface area contributed by atoms with Gasteiger partial charge in [-0.2, -0.15) is 0 Å². The molecule has 1 aliphatic heterocycles. The van der Waals surface area contributed by atoms with Gasteiger partial charge in [-0.05, 0) is 12.1 Å². The number of fused-ring (bicyclic) bond motifs is 1. The van der Waals surface area contributed by atoms with Crippen LogP contribution in [-0.4, -0.2) is 16.6 Å². The number of nitrogens with one attached hydrogen (secondary N) is 1. The molecule has 1 aliphatic rings. The summed E-state index contributed by atoms with van der Waals surface area (Å²) in [5, 5.41) is 2.65. The Balaban J connectivity index is 0.000000461. The Labute approximate surface area is 87.3 Å². The maximum Gasteiger partial charge on any atom is 0.235 e. The number of nitrogens with zero attached hydrogens (tertiary/aromatic N) is 1. The smallest absolute Gasteiger partial charge is 0.235 e. The van der Waals surface area contributed by atoms with Crippen LogP contribution in [0.15, 0.2) is 17.0 Å². The molecule has 2 heterocycles. The van der Waals surface area contributed by atoms with Crippen LogP contribution < -0.4 is 11.1 Å². The Morgan fingerprint density at radius 3 is 2.93 bits per heavy atom. The number of nitrogen functional groups attached to an aromatic ring is 1. The van der Waals surface area contributed by atoms with Crippen molar-refractivity contribution < 1.29 is 4.79 Å². The first-order valence-corrected chi connectivity index (χ1v) is 5.43. The fraction of sp³-hybridized carbons (Fsp3) is 0.333. The number of thioether (sulfide) groups is 1. The predicted molar refractivity (Wildman–Crippen MR) is 59.4 cm³/mol. The zero-order chi connectivity index (χ0) is 10.6. The van der Waals surface area contributed by atoms with Crippen LogP contribution in [0.3, 0.4) is 0 Å². The minimum absolute atomic E-state index is 0.0226. The first kappa shape index (κ1) is 10.8. The Morgan fingerprint density at radius 1 is 1.50 bits per heavy atom. The van der Waals surface area contributed by atoms with E-state index in [4.69, 9.17) is 5.73 Å². The normalized spacial score (nSPS) is 13.4. The topological polar surface area (TPSA) is 68.0 Å². The number of hydrogen-bond acceptors (Lipinski definition) is 4. The van der Waals surface area contributed by atoms with Gasteiger partial charge < -0.3 is 11.1 Å². The number of aromatic nitrogens is 1. The molecular weight excluding hydrogens is 198 g/mol. The monoisotopic (exact) mass is 211 g/mol. The van der Waals surface area contributed by atoms with Crippen LogP contribution in [0.4, 0.5) is 11.6 Å². The second-order valence-corrected chi connectivity index (χ2v) is 3.44. The number of hydrogen-bond donors (Lipinski definition) is 2. The molecule has 0 fully saturated rings. The zero-order valence-electron chi connectivity index (χ0n) is 8.20. The molecule has 0 spiro atoms. The molecule has 0 saturated heterocycles. The van der Waals surface area contributed by atoms with Crippen LogP contribution in [0.5, 0.6) is 0 Å². The summed E-state index contributed by atoms with van der Waals surface area (Å²) in [4.78, 5) is 15.9. The summed E-state index contributed by atoms with van der Waals surface area (Å²) in [5.74, 6) is 1.44. The van der Waals surface area contributed by atoms with Crippen LogP contribution in [0.1, 0.15) is 13.8 Å². The van der Waals surface area contributed by atoms with E-state index in [9.17, 15) is 4.79 Å². The van der Waals surface area contributed by atoms with E-state index < -0.39 is 0 Å². The van der Waals surface area contributed by atoms with E-state index in [0.29, 0.717) is 17.4 Å². The molecule has 0 aliphatic carbocycles. The molecular formula is C9H13N3OS. The first-order valence-electron chi connectivity index (χ1n) is 4.45. The van der Waals surface area contributed by atoms with Crippen molar-refractivity contribution in [2.24, 2.45) is 0 Å². The van der Waals surface area contributed by atoms with Gasteiger partial charge in [0.25, 0.3) is 0 Å². The molecule has 5 heteroatoms. The Kier molecular flexibility index (Phi) is 3.76. The van der Waals surface area contributed by atoms with Gasteiger partial charge in [-0.1, -0.05) is 13.8 Å². The van der Waals surface area contributed by atoms with Crippen LogP contribution in [0, 0.1) is 0 Å². The summed E-state index contributed by atoms with van der Waals surface area (Å²) in [6.07, 6.45) is 0. The van der Waals surface area contributed by atoms with Crippen molar-refractivity contribution in [1.82, 2.24) is 4.98 Å². The summed E-state index contributed by atoms with van der Waals surface area (Å²) >= 11 is 1.48. The molecule has 0 unspecified atom stereocenters. The number of carbonyl (C=O) groups is 1. The highest BCUT2D eigenvalue weighted by Gasteiger charge is 2.15. The standard InChI is InChI=1S/C7H7N3OS.C2H6/c8-5-2-1-4-7(9-5)10-6(11)3-12-4;1-2/h1-2H,3H2,(H3,8,9,10,11);1-2H3. The third-order valence-corrected chi connectivity index (χ3v) is 2.54. The van der Waals surface area contributed by atoms with E-state index >= 15 is 0 Å². The minimum Gasteiger partial charge on any atom is -0.384 e. The lowest BCUT2D eigenvalue weighted by molar-refractivity contribution is -0.113. The molecule has 1 amide bonds. The maximum absolute atomic E-state index is 10.9.